The molecular formula is C19H29N3O6. The van der Waals surface area contributed by atoms with Gasteiger partial charge in [-0.15, -0.1) is 0 Å². The van der Waals surface area contributed by atoms with Crippen LogP contribution in [0.4, 0.5) is 0 Å². The fourth-order valence-corrected chi connectivity index (χ4v) is 2.91. The molecule has 0 heterocycles. The molecule has 0 saturated carbocycles. The summed E-state index contributed by atoms with van der Waals surface area (Å²) in [5, 5.41) is 24.8. The Morgan fingerprint density at radius 1 is 1.11 bits per heavy atom. The van der Waals surface area contributed by atoms with Crippen LogP contribution < -0.4 is 20.9 Å². The summed E-state index contributed by atoms with van der Waals surface area (Å²) in [7, 11) is 2.98. The molecule has 0 aliphatic heterocycles. The topological polar surface area (TPSA) is 137 Å². The minimum absolute atomic E-state index is 0.171. The highest BCUT2D eigenvalue weighted by Crippen LogP contribution is 2.27. The van der Waals surface area contributed by atoms with Crippen LogP contribution in [-0.2, 0) is 20.8 Å². The lowest BCUT2D eigenvalue weighted by Gasteiger charge is -2.36. The smallest absolute Gasteiger partial charge is 0.253 e. The third kappa shape index (κ3) is 5.20. The number of hydroxylamine groups is 1. The summed E-state index contributed by atoms with van der Waals surface area (Å²) in [6.07, 6.45) is 0.171. The van der Waals surface area contributed by atoms with Crippen LogP contribution in [0.5, 0.6) is 5.75 Å². The number of carbonyl (C=O) groups is 3. The van der Waals surface area contributed by atoms with Crippen LogP contribution >= 0.6 is 0 Å². The molecule has 0 unspecified atom stereocenters. The highest BCUT2D eigenvalue weighted by atomic mass is 16.5. The summed E-state index contributed by atoms with van der Waals surface area (Å²) >= 11 is 0. The van der Waals surface area contributed by atoms with Crippen molar-refractivity contribution >= 4 is 17.7 Å². The van der Waals surface area contributed by atoms with Crippen LogP contribution in [0.25, 0.3) is 0 Å². The molecule has 0 fully saturated rings. The molecule has 9 nitrogen and oxygen atoms in total. The van der Waals surface area contributed by atoms with E-state index in [1.807, 2.05) is 0 Å². The third-order valence-electron chi connectivity index (χ3n) is 4.87. The predicted octanol–water partition coefficient (Wildman–Crippen LogP) is -0.00290. The zero-order valence-corrected chi connectivity index (χ0v) is 16.8. The summed E-state index contributed by atoms with van der Waals surface area (Å²) in [4.78, 5) is 36.9. The lowest BCUT2D eigenvalue weighted by atomic mass is 9.78. The van der Waals surface area contributed by atoms with Crippen LogP contribution in [0.15, 0.2) is 24.3 Å². The number of ether oxygens (including phenoxy) is 1. The van der Waals surface area contributed by atoms with Crippen molar-refractivity contribution in [2.24, 2.45) is 11.8 Å². The third-order valence-corrected chi connectivity index (χ3v) is 4.87. The summed E-state index contributed by atoms with van der Waals surface area (Å²) in [5.74, 6) is -3.48. The molecule has 156 valence electrons. The summed E-state index contributed by atoms with van der Waals surface area (Å²) in [6.45, 7) is 4.46. The van der Waals surface area contributed by atoms with Gasteiger partial charge in [0.15, 0.2) is 5.60 Å². The van der Waals surface area contributed by atoms with Gasteiger partial charge in [-0.1, -0.05) is 32.9 Å². The maximum Gasteiger partial charge on any atom is 0.253 e. The predicted molar refractivity (Wildman–Crippen MR) is 102 cm³/mol. The normalized spacial score (nSPS) is 15.1. The van der Waals surface area contributed by atoms with E-state index in [0.29, 0.717) is 5.75 Å². The van der Waals surface area contributed by atoms with E-state index in [0.717, 1.165) is 5.56 Å². The highest BCUT2D eigenvalue weighted by molar-refractivity contribution is 5.95. The van der Waals surface area contributed by atoms with Gasteiger partial charge in [0.2, 0.25) is 11.8 Å². The van der Waals surface area contributed by atoms with Gasteiger partial charge >= 0.3 is 0 Å². The summed E-state index contributed by atoms with van der Waals surface area (Å²) < 4.78 is 5.10. The van der Waals surface area contributed by atoms with Crippen molar-refractivity contribution in [1.29, 1.82) is 0 Å². The number of likely N-dealkylation sites (N-methyl/N-ethyl adjacent to an activating group) is 1. The number of aliphatic hydroxyl groups is 1. The van der Waals surface area contributed by atoms with E-state index in [4.69, 9.17) is 9.94 Å². The van der Waals surface area contributed by atoms with Gasteiger partial charge in [0.1, 0.15) is 11.8 Å². The van der Waals surface area contributed by atoms with E-state index >= 15 is 0 Å². The zero-order chi connectivity index (χ0) is 21.5. The Labute approximate surface area is 164 Å². The first-order valence-electron chi connectivity index (χ1n) is 8.93. The molecule has 0 saturated heterocycles. The SMILES string of the molecule is CNC(=O)[C@H](Cc1ccc(OC)cc1)NC(=O)[C@](O)(C(C)C)[C@H](C)C(=O)NO. The van der Waals surface area contributed by atoms with Gasteiger partial charge in [-0.2, -0.15) is 0 Å². The molecule has 1 rings (SSSR count). The fraction of sp³-hybridized carbons (Fsp3) is 0.526. The zero-order valence-electron chi connectivity index (χ0n) is 16.8. The van der Waals surface area contributed by atoms with Crippen molar-refractivity contribution in [3.8, 4) is 5.75 Å². The van der Waals surface area contributed by atoms with E-state index in [1.54, 1.807) is 45.2 Å². The number of rotatable bonds is 9. The van der Waals surface area contributed by atoms with E-state index in [9.17, 15) is 19.5 Å². The van der Waals surface area contributed by atoms with Crippen molar-refractivity contribution in [3.63, 3.8) is 0 Å². The standard InChI is InChI=1S/C19H29N3O6/c1-11(2)19(26,12(3)16(23)22-27)18(25)21-15(17(24)20-4)10-13-6-8-14(28-5)9-7-13/h6-9,11-12,15,26-27H,10H2,1-5H3,(H,20,24)(H,21,25)(H,22,23)/t12-,15+,19+/m1/s1. The van der Waals surface area contributed by atoms with E-state index < -0.39 is 41.2 Å². The number of nitrogens with one attached hydrogen (secondary N) is 3. The first kappa shape index (κ1) is 23.4. The van der Waals surface area contributed by atoms with E-state index in [-0.39, 0.29) is 6.42 Å². The van der Waals surface area contributed by atoms with Gasteiger partial charge < -0.3 is 20.5 Å². The molecule has 0 radical (unpaired) electrons. The molecule has 0 aliphatic carbocycles. The average Bonchev–Trinajstić information content (AvgIpc) is 2.70. The number of methoxy groups -OCH3 is 1. The first-order chi connectivity index (χ1) is 13.1. The Morgan fingerprint density at radius 2 is 1.68 bits per heavy atom. The molecule has 1 aromatic rings. The molecule has 28 heavy (non-hydrogen) atoms. The molecule has 5 N–H and O–H groups in total. The van der Waals surface area contributed by atoms with Crippen LogP contribution in [0, 0.1) is 11.8 Å². The van der Waals surface area contributed by atoms with Crippen LogP contribution in [0.1, 0.15) is 26.3 Å². The van der Waals surface area contributed by atoms with Gasteiger partial charge in [0.25, 0.3) is 5.91 Å². The molecule has 9 heteroatoms. The van der Waals surface area contributed by atoms with Crippen LogP contribution in [-0.4, -0.2) is 53.8 Å². The van der Waals surface area contributed by atoms with Gasteiger partial charge in [-0.25, -0.2) is 5.48 Å². The van der Waals surface area contributed by atoms with E-state index in [2.05, 4.69) is 10.6 Å². The number of benzene rings is 1. The van der Waals surface area contributed by atoms with Crippen LogP contribution in [0.3, 0.4) is 0 Å². The molecule has 0 spiro atoms. The number of amides is 3. The fourth-order valence-electron chi connectivity index (χ4n) is 2.91. The number of hydrogen-bond acceptors (Lipinski definition) is 6. The van der Waals surface area contributed by atoms with Crippen molar-refractivity contribution in [2.75, 3.05) is 14.2 Å². The second-order valence-corrected chi connectivity index (χ2v) is 6.87. The lowest BCUT2D eigenvalue weighted by Crippen LogP contribution is -2.61. The van der Waals surface area contributed by atoms with Gasteiger partial charge in [0, 0.05) is 13.5 Å². The van der Waals surface area contributed by atoms with Gasteiger partial charge in [-0.05, 0) is 23.6 Å². The molecule has 0 bridgehead atoms. The van der Waals surface area contributed by atoms with Crippen molar-refractivity contribution in [1.82, 2.24) is 16.1 Å². The second-order valence-electron chi connectivity index (χ2n) is 6.87. The Morgan fingerprint density at radius 3 is 2.11 bits per heavy atom. The van der Waals surface area contributed by atoms with E-state index in [1.165, 1.54) is 19.5 Å². The number of hydrogen-bond donors (Lipinski definition) is 5. The van der Waals surface area contributed by atoms with Crippen molar-refractivity contribution in [3.05, 3.63) is 29.8 Å². The van der Waals surface area contributed by atoms with Crippen LogP contribution in [0.2, 0.25) is 0 Å². The summed E-state index contributed by atoms with van der Waals surface area (Å²) in [6, 6.07) is 6.02. The quantitative estimate of drug-likeness (QED) is 0.295. The molecule has 3 atom stereocenters. The highest BCUT2D eigenvalue weighted by Gasteiger charge is 2.48. The average molecular weight is 395 g/mol. The largest absolute Gasteiger partial charge is 0.497 e. The molecule has 0 aliphatic rings. The maximum absolute atomic E-state index is 12.9. The Balaban J connectivity index is 3.09. The summed E-state index contributed by atoms with van der Waals surface area (Å²) in [5.41, 5.74) is 0.0895. The minimum atomic E-state index is -2.13. The van der Waals surface area contributed by atoms with Gasteiger partial charge in [-0.3, -0.25) is 19.6 Å². The molecular weight excluding hydrogens is 366 g/mol. The van der Waals surface area contributed by atoms with Crippen molar-refractivity contribution in [2.45, 2.75) is 38.8 Å². The number of carbonyl (C=O) groups excluding carboxylic acids is 3. The second kappa shape index (κ2) is 10.0. The maximum atomic E-state index is 12.9. The minimum Gasteiger partial charge on any atom is -0.497 e. The molecule has 0 aromatic heterocycles. The Bertz CT molecular complexity index is 691. The monoisotopic (exact) mass is 395 g/mol. The van der Waals surface area contributed by atoms with Gasteiger partial charge in [0.05, 0.1) is 13.0 Å². The Kier molecular flexibility index (Phi) is 8.39. The molecule has 3 amide bonds. The molecule has 1 aromatic carbocycles. The van der Waals surface area contributed by atoms with Crippen molar-refractivity contribution < 1.29 is 29.4 Å². The first-order valence-corrected chi connectivity index (χ1v) is 8.93. The lowest BCUT2D eigenvalue weighted by molar-refractivity contribution is -0.162. The Hall–Kier alpha value is -2.65.